The van der Waals surface area contributed by atoms with Crippen LogP contribution < -0.4 is 0 Å². The molecule has 0 amide bonds. The smallest absolute Gasteiger partial charge is 0.217 e. The van der Waals surface area contributed by atoms with Gasteiger partial charge in [0, 0.05) is 13.1 Å². The van der Waals surface area contributed by atoms with Crippen LogP contribution in [-0.4, -0.2) is 23.2 Å². The van der Waals surface area contributed by atoms with E-state index in [1.165, 1.54) is 5.06 Å². The van der Waals surface area contributed by atoms with E-state index in [4.69, 9.17) is 0 Å². The molecule has 9 heavy (non-hydrogen) atoms. The van der Waals surface area contributed by atoms with Gasteiger partial charge >= 0.3 is 5.09 Å². The Bertz CT molecular complexity index is 91.8. The molecule has 0 aromatic heterocycles. The molecule has 5 heteroatoms. The molecule has 0 unspecified atom stereocenters. The molecule has 0 aromatic carbocycles. The van der Waals surface area contributed by atoms with Gasteiger partial charge in [-0.15, -0.1) is 15.2 Å². The summed E-state index contributed by atoms with van der Waals surface area (Å²) in [4.78, 5) is 13.8. The van der Waals surface area contributed by atoms with Crippen molar-refractivity contribution in [2.24, 2.45) is 0 Å². The fraction of sp³-hybridized carbons (Fsp3) is 1.00. The summed E-state index contributed by atoms with van der Waals surface area (Å²) in [6.45, 7) is 4.62. The second-order valence-corrected chi connectivity index (χ2v) is 1.42. The molecule has 0 aliphatic rings. The predicted octanol–water partition coefficient (Wildman–Crippen LogP) is 0.451. The third kappa shape index (κ3) is 3.72. The van der Waals surface area contributed by atoms with Crippen molar-refractivity contribution in [2.45, 2.75) is 13.8 Å². The van der Waals surface area contributed by atoms with Crippen molar-refractivity contribution in [2.75, 3.05) is 13.1 Å². The lowest BCUT2D eigenvalue weighted by Gasteiger charge is -2.12. The van der Waals surface area contributed by atoms with Crippen molar-refractivity contribution in [3.8, 4) is 0 Å². The fourth-order valence-electron chi connectivity index (χ4n) is 0.433. The largest absolute Gasteiger partial charge is 0.312 e. The molecule has 0 aliphatic carbocycles. The number of hydrogen-bond donors (Lipinski definition) is 0. The summed E-state index contributed by atoms with van der Waals surface area (Å²) in [6.07, 6.45) is 0. The Morgan fingerprint density at radius 1 is 1.56 bits per heavy atom. The van der Waals surface area contributed by atoms with Crippen LogP contribution in [0.25, 0.3) is 0 Å². The highest BCUT2D eigenvalue weighted by molar-refractivity contribution is 4.28. The Morgan fingerprint density at radius 2 is 2.00 bits per heavy atom. The van der Waals surface area contributed by atoms with E-state index >= 15 is 0 Å². The number of hydrogen-bond acceptors (Lipinski definition) is 4. The lowest BCUT2D eigenvalue weighted by atomic mass is 10.6. The van der Waals surface area contributed by atoms with Gasteiger partial charge in [0.2, 0.25) is 0 Å². The quantitative estimate of drug-likeness (QED) is 0.413. The maximum atomic E-state index is 9.67. The maximum Gasteiger partial charge on any atom is 0.312 e. The van der Waals surface area contributed by atoms with Crippen molar-refractivity contribution >= 4 is 0 Å². The van der Waals surface area contributed by atoms with Crippen LogP contribution in [0.2, 0.25) is 0 Å². The summed E-state index contributed by atoms with van der Waals surface area (Å²) in [6, 6.07) is 0. The first-order valence-electron chi connectivity index (χ1n) is 2.78. The Balaban J connectivity index is 3.43. The van der Waals surface area contributed by atoms with Crippen LogP contribution in [0, 0.1) is 10.1 Å². The van der Waals surface area contributed by atoms with Crippen molar-refractivity contribution in [3.05, 3.63) is 10.1 Å². The molecule has 54 valence electrons. The molecule has 0 aromatic rings. The molecule has 0 atom stereocenters. The fourth-order valence-corrected chi connectivity index (χ4v) is 0.433. The van der Waals surface area contributed by atoms with Gasteiger partial charge in [0.05, 0.1) is 0 Å². The van der Waals surface area contributed by atoms with Crippen molar-refractivity contribution in [1.29, 1.82) is 0 Å². The Labute approximate surface area is 53.3 Å². The van der Waals surface area contributed by atoms with Gasteiger partial charge in [0.15, 0.2) is 0 Å². The molecule has 0 saturated carbocycles. The summed E-state index contributed by atoms with van der Waals surface area (Å²) in [5.74, 6) is 0. The molecular weight excluding hydrogens is 124 g/mol. The average molecular weight is 134 g/mol. The Kier molecular flexibility index (Phi) is 3.70. The standard InChI is InChI=1S/C4H10N2O3/c1-3-5(4-2)9-6(7)8/h3-4H2,1-2H3. The van der Waals surface area contributed by atoms with E-state index < -0.39 is 5.09 Å². The van der Waals surface area contributed by atoms with Gasteiger partial charge in [0.1, 0.15) is 0 Å². The van der Waals surface area contributed by atoms with Gasteiger partial charge < -0.3 is 0 Å². The van der Waals surface area contributed by atoms with E-state index in [1.807, 2.05) is 0 Å². The monoisotopic (exact) mass is 134 g/mol. The van der Waals surface area contributed by atoms with Crippen LogP contribution in [0.4, 0.5) is 0 Å². The van der Waals surface area contributed by atoms with Crippen molar-refractivity contribution in [3.63, 3.8) is 0 Å². The Morgan fingerprint density at radius 3 is 2.11 bits per heavy atom. The zero-order chi connectivity index (χ0) is 7.28. The zero-order valence-corrected chi connectivity index (χ0v) is 5.53. The van der Waals surface area contributed by atoms with Gasteiger partial charge in [-0.25, -0.2) is 4.94 Å². The topological polar surface area (TPSA) is 55.6 Å². The minimum absolute atomic E-state index is 0.525. The third-order valence-corrected chi connectivity index (χ3v) is 0.888. The van der Waals surface area contributed by atoms with Gasteiger partial charge in [-0.3, -0.25) is 0 Å². The number of nitrogens with zero attached hydrogens (tertiary/aromatic N) is 2. The maximum absolute atomic E-state index is 9.67. The summed E-state index contributed by atoms with van der Waals surface area (Å²) in [5.41, 5.74) is 0. The number of rotatable bonds is 4. The van der Waals surface area contributed by atoms with Gasteiger partial charge in [-0.2, -0.15) is 0 Å². The molecule has 0 bridgehead atoms. The van der Waals surface area contributed by atoms with Crippen LogP contribution in [0.3, 0.4) is 0 Å². The first kappa shape index (κ1) is 8.16. The van der Waals surface area contributed by atoms with Gasteiger partial charge in [0.25, 0.3) is 0 Å². The second kappa shape index (κ2) is 4.08. The van der Waals surface area contributed by atoms with Crippen LogP contribution >= 0.6 is 0 Å². The molecule has 0 saturated heterocycles. The zero-order valence-electron chi connectivity index (χ0n) is 5.53. The highest BCUT2D eigenvalue weighted by atomic mass is 17.0. The molecule has 5 nitrogen and oxygen atoms in total. The molecule has 0 spiro atoms. The van der Waals surface area contributed by atoms with Crippen LogP contribution in [0.1, 0.15) is 13.8 Å². The summed E-state index contributed by atoms with van der Waals surface area (Å²) >= 11 is 0. The summed E-state index contributed by atoms with van der Waals surface area (Å²) < 4.78 is 0. The van der Waals surface area contributed by atoms with Crippen LogP contribution in [-0.2, 0) is 4.94 Å². The average Bonchev–Trinajstić information content (AvgIpc) is 1.82. The summed E-state index contributed by atoms with van der Waals surface area (Å²) in [5, 5.41) is 10.1. The van der Waals surface area contributed by atoms with E-state index in [0.29, 0.717) is 13.1 Å². The van der Waals surface area contributed by atoms with E-state index in [0.717, 1.165) is 0 Å². The van der Waals surface area contributed by atoms with Crippen LogP contribution in [0.15, 0.2) is 0 Å². The van der Waals surface area contributed by atoms with Gasteiger partial charge in [-0.1, -0.05) is 13.8 Å². The highest BCUT2D eigenvalue weighted by Gasteiger charge is 2.01. The molecular formula is C4H10N2O3. The SMILES string of the molecule is CCN(CC)O[N+](=O)[O-]. The molecule has 0 radical (unpaired) electrons. The first-order chi connectivity index (χ1) is 4.20. The Hall–Kier alpha value is -0.840. The number of hydroxylamine groups is 2. The minimum atomic E-state index is -0.812. The predicted molar refractivity (Wildman–Crippen MR) is 31.0 cm³/mol. The molecule has 0 aliphatic heterocycles. The van der Waals surface area contributed by atoms with Crippen LogP contribution in [0.5, 0.6) is 0 Å². The second-order valence-electron chi connectivity index (χ2n) is 1.42. The first-order valence-corrected chi connectivity index (χ1v) is 2.78. The van der Waals surface area contributed by atoms with Crippen molar-refractivity contribution in [1.82, 2.24) is 5.06 Å². The van der Waals surface area contributed by atoms with E-state index in [1.54, 1.807) is 13.8 Å². The van der Waals surface area contributed by atoms with Crippen molar-refractivity contribution < 1.29 is 10.0 Å². The van der Waals surface area contributed by atoms with E-state index in [2.05, 4.69) is 4.94 Å². The highest BCUT2D eigenvalue weighted by Crippen LogP contribution is 1.87. The van der Waals surface area contributed by atoms with E-state index in [-0.39, 0.29) is 0 Å². The lowest BCUT2D eigenvalue weighted by molar-refractivity contribution is -0.810. The minimum Gasteiger partial charge on any atom is -0.217 e. The third-order valence-electron chi connectivity index (χ3n) is 0.888. The summed E-state index contributed by atoms with van der Waals surface area (Å²) in [7, 11) is 0. The molecule has 0 N–H and O–H groups in total. The molecule has 0 fully saturated rings. The molecule has 0 rings (SSSR count). The van der Waals surface area contributed by atoms with Gasteiger partial charge in [-0.05, 0) is 0 Å². The van der Waals surface area contributed by atoms with E-state index in [9.17, 15) is 10.1 Å². The lowest BCUT2D eigenvalue weighted by Crippen LogP contribution is -2.26. The molecule has 0 heterocycles. The normalized spacial score (nSPS) is 9.67.